The van der Waals surface area contributed by atoms with Crippen LogP contribution >= 0.6 is 0 Å². The predicted molar refractivity (Wildman–Crippen MR) is 132 cm³/mol. The van der Waals surface area contributed by atoms with Gasteiger partial charge in [-0.3, -0.25) is 0 Å². The highest BCUT2D eigenvalue weighted by Crippen LogP contribution is 2.14. The van der Waals surface area contributed by atoms with Crippen molar-refractivity contribution in [2.75, 3.05) is 19.6 Å². The standard InChI is InChI=1S/C28H51N/c1-3-25-29(26-4-2)27-21-16-14-12-10-8-6-5-7-9-11-13-15-18-22-28-23-19-17-20-24-28/h17,19-20,23-24H,3-16,18,21-22,25-27H2,1-2H3. The fourth-order valence-corrected chi connectivity index (χ4v) is 4.40. The van der Waals surface area contributed by atoms with Gasteiger partial charge in [0.05, 0.1) is 0 Å². The molecule has 0 aliphatic carbocycles. The summed E-state index contributed by atoms with van der Waals surface area (Å²) in [6.07, 6.45) is 24.0. The monoisotopic (exact) mass is 401 g/mol. The summed E-state index contributed by atoms with van der Waals surface area (Å²) in [5.41, 5.74) is 1.50. The molecule has 1 aromatic carbocycles. The third-order valence-electron chi connectivity index (χ3n) is 6.11. The summed E-state index contributed by atoms with van der Waals surface area (Å²) in [6.45, 7) is 8.52. The normalized spacial score (nSPS) is 11.4. The van der Waals surface area contributed by atoms with Crippen LogP contribution in [-0.4, -0.2) is 24.5 Å². The van der Waals surface area contributed by atoms with Crippen molar-refractivity contribution in [1.82, 2.24) is 4.90 Å². The first-order chi connectivity index (χ1) is 14.4. The minimum Gasteiger partial charge on any atom is -0.303 e. The maximum atomic E-state index is 2.66. The largest absolute Gasteiger partial charge is 0.303 e. The van der Waals surface area contributed by atoms with Gasteiger partial charge in [0.1, 0.15) is 0 Å². The highest BCUT2D eigenvalue weighted by atomic mass is 15.1. The van der Waals surface area contributed by atoms with Crippen molar-refractivity contribution in [2.45, 2.75) is 123 Å². The number of rotatable bonds is 21. The lowest BCUT2D eigenvalue weighted by atomic mass is 10.0. The van der Waals surface area contributed by atoms with Crippen LogP contribution < -0.4 is 0 Å². The van der Waals surface area contributed by atoms with Gasteiger partial charge in [0.15, 0.2) is 0 Å². The first-order valence-electron chi connectivity index (χ1n) is 13.1. The van der Waals surface area contributed by atoms with Gasteiger partial charge in [0.25, 0.3) is 0 Å². The van der Waals surface area contributed by atoms with Gasteiger partial charge >= 0.3 is 0 Å². The van der Waals surface area contributed by atoms with Crippen molar-refractivity contribution in [3.63, 3.8) is 0 Å². The molecule has 0 saturated carbocycles. The summed E-state index contributed by atoms with van der Waals surface area (Å²) < 4.78 is 0. The molecule has 0 heterocycles. The molecule has 0 saturated heterocycles. The summed E-state index contributed by atoms with van der Waals surface area (Å²) >= 11 is 0. The first-order valence-corrected chi connectivity index (χ1v) is 13.1. The molecule has 0 aliphatic rings. The lowest BCUT2D eigenvalue weighted by Crippen LogP contribution is -2.26. The van der Waals surface area contributed by atoms with E-state index in [1.807, 2.05) is 0 Å². The number of unbranched alkanes of at least 4 members (excludes halogenated alkanes) is 13. The van der Waals surface area contributed by atoms with Crippen LogP contribution in [-0.2, 0) is 6.42 Å². The molecule has 0 N–H and O–H groups in total. The maximum absolute atomic E-state index is 2.66. The fraction of sp³-hybridized carbons (Fsp3) is 0.786. The third-order valence-corrected chi connectivity index (χ3v) is 6.11. The molecular weight excluding hydrogens is 350 g/mol. The van der Waals surface area contributed by atoms with Crippen molar-refractivity contribution in [3.05, 3.63) is 35.9 Å². The number of benzene rings is 1. The Balaban J connectivity index is 1.74. The lowest BCUT2D eigenvalue weighted by molar-refractivity contribution is 0.267. The third kappa shape index (κ3) is 16.6. The molecule has 1 aromatic rings. The lowest BCUT2D eigenvalue weighted by Gasteiger charge is -2.20. The SMILES string of the molecule is CCCN(CCC)CCCCCCCCCCCCCCCCc1ccccc1. The molecule has 0 bridgehead atoms. The minimum atomic E-state index is 1.26. The average molecular weight is 402 g/mol. The van der Waals surface area contributed by atoms with Crippen molar-refractivity contribution < 1.29 is 0 Å². The van der Waals surface area contributed by atoms with Crippen LogP contribution in [0, 0.1) is 0 Å². The van der Waals surface area contributed by atoms with Gasteiger partial charge < -0.3 is 4.90 Å². The van der Waals surface area contributed by atoms with Crippen molar-refractivity contribution in [2.24, 2.45) is 0 Å². The van der Waals surface area contributed by atoms with Gasteiger partial charge in [-0.25, -0.2) is 0 Å². The minimum absolute atomic E-state index is 1.26. The van der Waals surface area contributed by atoms with Crippen LogP contribution in [0.15, 0.2) is 30.3 Å². The van der Waals surface area contributed by atoms with E-state index in [2.05, 4.69) is 49.1 Å². The number of nitrogens with zero attached hydrogens (tertiary/aromatic N) is 1. The van der Waals surface area contributed by atoms with Crippen molar-refractivity contribution in [3.8, 4) is 0 Å². The molecule has 0 aromatic heterocycles. The van der Waals surface area contributed by atoms with E-state index < -0.39 is 0 Å². The molecule has 0 radical (unpaired) electrons. The predicted octanol–water partition coefficient (Wildman–Crippen LogP) is 8.81. The van der Waals surface area contributed by atoms with Crippen LogP contribution in [0.3, 0.4) is 0 Å². The Hall–Kier alpha value is -0.820. The highest BCUT2D eigenvalue weighted by molar-refractivity contribution is 5.14. The van der Waals surface area contributed by atoms with Crippen LogP contribution in [0.5, 0.6) is 0 Å². The van der Waals surface area contributed by atoms with Gasteiger partial charge in [-0.15, -0.1) is 0 Å². The average Bonchev–Trinajstić information content (AvgIpc) is 2.74. The van der Waals surface area contributed by atoms with Crippen molar-refractivity contribution in [1.29, 1.82) is 0 Å². The van der Waals surface area contributed by atoms with Gasteiger partial charge in [-0.2, -0.15) is 0 Å². The van der Waals surface area contributed by atoms with E-state index in [0.29, 0.717) is 0 Å². The quantitative estimate of drug-likeness (QED) is 0.186. The molecule has 0 unspecified atom stereocenters. The zero-order valence-corrected chi connectivity index (χ0v) is 20.0. The van der Waals surface area contributed by atoms with Crippen LogP contribution in [0.25, 0.3) is 0 Å². The van der Waals surface area contributed by atoms with Gasteiger partial charge in [0.2, 0.25) is 0 Å². The molecule has 0 fully saturated rings. The first kappa shape index (κ1) is 26.2. The molecule has 1 rings (SSSR count). The van der Waals surface area contributed by atoms with E-state index in [4.69, 9.17) is 0 Å². The number of aryl methyl sites for hydroxylation is 1. The zero-order valence-electron chi connectivity index (χ0n) is 20.0. The number of hydrogen-bond donors (Lipinski definition) is 0. The second kappa shape index (κ2) is 20.5. The molecule has 0 amide bonds. The Morgan fingerprint density at radius 1 is 0.483 bits per heavy atom. The van der Waals surface area contributed by atoms with E-state index >= 15 is 0 Å². The Labute approximate surface area is 183 Å². The molecular formula is C28H51N. The van der Waals surface area contributed by atoms with Crippen LogP contribution in [0.2, 0.25) is 0 Å². The summed E-state index contributed by atoms with van der Waals surface area (Å²) in [4.78, 5) is 2.66. The second-order valence-corrected chi connectivity index (χ2v) is 9.03. The molecule has 168 valence electrons. The van der Waals surface area contributed by atoms with Gasteiger partial charge in [0, 0.05) is 0 Å². The highest BCUT2D eigenvalue weighted by Gasteiger charge is 2.01. The van der Waals surface area contributed by atoms with Crippen LogP contribution in [0.4, 0.5) is 0 Å². The maximum Gasteiger partial charge on any atom is -0.00187 e. The smallest absolute Gasteiger partial charge is 0.00187 e. The molecule has 1 heteroatoms. The van der Waals surface area contributed by atoms with Crippen LogP contribution in [0.1, 0.15) is 122 Å². The topological polar surface area (TPSA) is 3.24 Å². The molecule has 1 nitrogen and oxygen atoms in total. The number of hydrogen-bond acceptors (Lipinski definition) is 1. The Morgan fingerprint density at radius 2 is 0.897 bits per heavy atom. The Morgan fingerprint density at radius 3 is 1.34 bits per heavy atom. The van der Waals surface area contributed by atoms with Gasteiger partial charge in [-0.1, -0.05) is 121 Å². The van der Waals surface area contributed by atoms with Crippen molar-refractivity contribution >= 4 is 0 Å². The Kier molecular flexibility index (Phi) is 18.5. The molecule has 0 spiro atoms. The van der Waals surface area contributed by atoms with E-state index in [9.17, 15) is 0 Å². The molecule has 29 heavy (non-hydrogen) atoms. The molecule has 0 aliphatic heterocycles. The van der Waals surface area contributed by atoms with E-state index in [-0.39, 0.29) is 0 Å². The second-order valence-electron chi connectivity index (χ2n) is 9.03. The summed E-state index contributed by atoms with van der Waals surface area (Å²) in [7, 11) is 0. The fourth-order valence-electron chi connectivity index (χ4n) is 4.40. The molecule has 0 atom stereocenters. The summed E-state index contributed by atoms with van der Waals surface area (Å²) in [6, 6.07) is 10.9. The van der Waals surface area contributed by atoms with E-state index in [0.717, 1.165) is 0 Å². The zero-order chi connectivity index (χ0) is 20.8. The van der Waals surface area contributed by atoms with E-state index in [1.165, 1.54) is 134 Å². The van der Waals surface area contributed by atoms with Gasteiger partial charge in [-0.05, 0) is 57.3 Å². The summed E-state index contributed by atoms with van der Waals surface area (Å²) in [5.74, 6) is 0. The Bertz CT molecular complexity index is 421. The van der Waals surface area contributed by atoms with E-state index in [1.54, 1.807) is 0 Å². The summed E-state index contributed by atoms with van der Waals surface area (Å²) in [5, 5.41) is 0.